The van der Waals surface area contributed by atoms with Crippen molar-refractivity contribution < 1.29 is 4.42 Å². The van der Waals surface area contributed by atoms with E-state index in [2.05, 4.69) is 19.1 Å². The van der Waals surface area contributed by atoms with Gasteiger partial charge in [-0.3, -0.25) is 0 Å². The maximum atomic E-state index is 5.49. The van der Waals surface area contributed by atoms with Gasteiger partial charge in [0.2, 0.25) is 0 Å². The molecule has 0 spiro atoms. The summed E-state index contributed by atoms with van der Waals surface area (Å²) in [4.78, 5) is 0. The van der Waals surface area contributed by atoms with Gasteiger partial charge in [0.05, 0.1) is 6.26 Å². The third-order valence-electron chi connectivity index (χ3n) is 2.24. The molecule has 67 valence electrons. The van der Waals surface area contributed by atoms with Crippen molar-refractivity contribution >= 4 is 10.8 Å². The molecule has 0 bridgehead atoms. The quantitative estimate of drug-likeness (QED) is 0.691. The zero-order chi connectivity index (χ0) is 9.10. The van der Waals surface area contributed by atoms with Crippen molar-refractivity contribution in [1.29, 1.82) is 0 Å². The fourth-order valence-corrected chi connectivity index (χ4v) is 1.53. The van der Waals surface area contributed by atoms with Crippen molar-refractivity contribution in [2.75, 3.05) is 0 Å². The summed E-state index contributed by atoms with van der Waals surface area (Å²) in [7, 11) is 0. The number of rotatable bonds is 3. The van der Waals surface area contributed by atoms with Gasteiger partial charge >= 0.3 is 0 Å². The van der Waals surface area contributed by atoms with Crippen LogP contribution >= 0.6 is 0 Å². The third kappa shape index (κ3) is 1.59. The second-order valence-corrected chi connectivity index (χ2v) is 3.20. The molecular formula is C12H13O. The standard InChI is InChI=1S/C12H13O/c1-2-3-8-12-11-7-5-4-6-10(11)9-13-12/h4-7,9H,1-3,8H2. The lowest BCUT2D eigenvalue weighted by atomic mass is 10.1. The number of unbranched alkanes of at least 4 members (excludes halogenated alkanes) is 1. The molecule has 0 saturated heterocycles. The molecule has 0 saturated carbocycles. The number of benzene rings is 1. The van der Waals surface area contributed by atoms with Gasteiger partial charge in [-0.2, -0.15) is 0 Å². The minimum absolute atomic E-state index is 0.967. The molecule has 0 aliphatic rings. The molecule has 0 N–H and O–H groups in total. The van der Waals surface area contributed by atoms with Crippen LogP contribution in [0.1, 0.15) is 18.6 Å². The van der Waals surface area contributed by atoms with Gasteiger partial charge in [-0.1, -0.05) is 37.6 Å². The number of fused-ring (bicyclic) bond motifs is 1. The summed E-state index contributed by atoms with van der Waals surface area (Å²) in [6.07, 6.45) is 4.89. The molecule has 0 aliphatic carbocycles. The molecule has 1 aromatic carbocycles. The van der Waals surface area contributed by atoms with Gasteiger partial charge in [-0.25, -0.2) is 0 Å². The molecule has 0 atom stereocenters. The average molecular weight is 173 g/mol. The molecule has 0 fully saturated rings. The van der Waals surface area contributed by atoms with Gasteiger partial charge in [-0.15, -0.1) is 0 Å². The van der Waals surface area contributed by atoms with E-state index in [1.165, 1.54) is 10.8 Å². The molecule has 0 aliphatic heterocycles. The molecule has 0 unspecified atom stereocenters. The minimum Gasteiger partial charge on any atom is -0.468 e. The smallest absolute Gasteiger partial charge is 0.111 e. The van der Waals surface area contributed by atoms with Crippen LogP contribution in [0.5, 0.6) is 0 Å². The van der Waals surface area contributed by atoms with E-state index in [4.69, 9.17) is 4.42 Å². The van der Waals surface area contributed by atoms with E-state index in [1.807, 2.05) is 18.4 Å². The maximum Gasteiger partial charge on any atom is 0.111 e. The molecule has 2 rings (SSSR count). The summed E-state index contributed by atoms with van der Waals surface area (Å²) in [5.41, 5.74) is 0. The number of hydrogen-bond donors (Lipinski definition) is 0. The Morgan fingerprint density at radius 1 is 1.23 bits per heavy atom. The van der Waals surface area contributed by atoms with E-state index < -0.39 is 0 Å². The lowest BCUT2D eigenvalue weighted by Gasteiger charge is -1.94. The largest absolute Gasteiger partial charge is 0.468 e. The number of hydrogen-bond acceptors (Lipinski definition) is 1. The Hall–Kier alpha value is -1.24. The topological polar surface area (TPSA) is 13.1 Å². The summed E-state index contributed by atoms with van der Waals surface area (Å²) < 4.78 is 5.49. The van der Waals surface area contributed by atoms with Crippen LogP contribution in [0.25, 0.3) is 10.8 Å². The van der Waals surface area contributed by atoms with Crippen molar-refractivity contribution in [3.63, 3.8) is 0 Å². The number of furan rings is 1. The van der Waals surface area contributed by atoms with Crippen molar-refractivity contribution in [1.82, 2.24) is 0 Å². The summed E-state index contributed by atoms with van der Waals surface area (Å²) in [6, 6.07) is 8.26. The first kappa shape index (κ1) is 8.36. The molecule has 1 nitrogen and oxygen atoms in total. The van der Waals surface area contributed by atoms with Crippen LogP contribution in [0, 0.1) is 6.92 Å². The third-order valence-corrected chi connectivity index (χ3v) is 2.24. The molecule has 1 radical (unpaired) electrons. The van der Waals surface area contributed by atoms with Crippen LogP contribution in [0.15, 0.2) is 34.9 Å². The van der Waals surface area contributed by atoms with Gasteiger partial charge in [0, 0.05) is 17.2 Å². The highest BCUT2D eigenvalue weighted by Gasteiger charge is 2.03. The zero-order valence-corrected chi connectivity index (χ0v) is 7.62. The second-order valence-electron chi connectivity index (χ2n) is 3.20. The number of aryl methyl sites for hydroxylation is 1. The highest BCUT2D eigenvalue weighted by Crippen LogP contribution is 2.21. The average Bonchev–Trinajstić information content (AvgIpc) is 2.58. The summed E-state index contributed by atoms with van der Waals surface area (Å²) >= 11 is 0. The van der Waals surface area contributed by atoms with E-state index >= 15 is 0 Å². The highest BCUT2D eigenvalue weighted by atomic mass is 16.3. The predicted octanol–water partition coefficient (Wildman–Crippen LogP) is 3.59. The monoisotopic (exact) mass is 173 g/mol. The lowest BCUT2D eigenvalue weighted by molar-refractivity contribution is 0.508. The van der Waals surface area contributed by atoms with E-state index in [1.54, 1.807) is 0 Å². The van der Waals surface area contributed by atoms with Gasteiger partial charge in [0.15, 0.2) is 0 Å². The maximum absolute atomic E-state index is 5.49. The lowest BCUT2D eigenvalue weighted by Crippen LogP contribution is -1.80. The first-order valence-corrected chi connectivity index (χ1v) is 4.66. The molecule has 0 amide bonds. The van der Waals surface area contributed by atoms with Crippen LogP contribution < -0.4 is 0 Å². The fraction of sp³-hybridized carbons (Fsp3) is 0.250. The molecule has 2 aromatic rings. The zero-order valence-electron chi connectivity index (χ0n) is 7.62. The normalized spacial score (nSPS) is 10.8. The van der Waals surface area contributed by atoms with Crippen LogP contribution in [0.2, 0.25) is 0 Å². The Bertz CT molecular complexity index is 387. The molecule has 1 heterocycles. The molecule has 1 heteroatoms. The van der Waals surface area contributed by atoms with Crippen molar-refractivity contribution in [2.45, 2.75) is 19.3 Å². The van der Waals surface area contributed by atoms with Gasteiger partial charge < -0.3 is 4.42 Å². The summed E-state index contributed by atoms with van der Waals surface area (Å²) in [5.74, 6) is 1.10. The van der Waals surface area contributed by atoms with Crippen LogP contribution in [-0.4, -0.2) is 0 Å². The Labute approximate surface area is 78.4 Å². The van der Waals surface area contributed by atoms with E-state index in [9.17, 15) is 0 Å². The minimum atomic E-state index is 0.967. The highest BCUT2D eigenvalue weighted by molar-refractivity contribution is 5.83. The first-order chi connectivity index (χ1) is 6.42. The molecule has 13 heavy (non-hydrogen) atoms. The summed E-state index contributed by atoms with van der Waals surface area (Å²) in [6.45, 7) is 3.82. The van der Waals surface area contributed by atoms with Crippen molar-refractivity contribution in [3.8, 4) is 0 Å². The second kappa shape index (κ2) is 3.65. The Morgan fingerprint density at radius 3 is 2.92 bits per heavy atom. The fourth-order valence-electron chi connectivity index (χ4n) is 1.53. The Morgan fingerprint density at radius 2 is 2.08 bits per heavy atom. The molecular weight excluding hydrogens is 160 g/mol. The van der Waals surface area contributed by atoms with Crippen molar-refractivity contribution in [3.05, 3.63) is 43.2 Å². The van der Waals surface area contributed by atoms with Gasteiger partial charge in [0.25, 0.3) is 0 Å². The first-order valence-electron chi connectivity index (χ1n) is 4.66. The predicted molar refractivity (Wildman–Crippen MR) is 54.5 cm³/mol. The van der Waals surface area contributed by atoms with Crippen LogP contribution in [0.4, 0.5) is 0 Å². The Balaban J connectivity index is 2.35. The Kier molecular flexibility index (Phi) is 2.35. The van der Waals surface area contributed by atoms with Gasteiger partial charge in [-0.05, 0) is 6.42 Å². The van der Waals surface area contributed by atoms with E-state index in [-0.39, 0.29) is 0 Å². The van der Waals surface area contributed by atoms with Crippen LogP contribution in [0.3, 0.4) is 0 Å². The van der Waals surface area contributed by atoms with Crippen LogP contribution in [-0.2, 0) is 6.42 Å². The summed E-state index contributed by atoms with van der Waals surface area (Å²) in [5, 5.41) is 2.44. The van der Waals surface area contributed by atoms with Gasteiger partial charge in [0.1, 0.15) is 5.76 Å². The van der Waals surface area contributed by atoms with Crippen molar-refractivity contribution in [2.24, 2.45) is 0 Å². The SMILES string of the molecule is [CH2]CCCc1occ2ccccc12. The van der Waals surface area contributed by atoms with E-state index in [0.717, 1.165) is 25.0 Å². The molecule has 1 aromatic heterocycles. The van der Waals surface area contributed by atoms with E-state index in [0.29, 0.717) is 0 Å².